The zero-order valence-corrected chi connectivity index (χ0v) is 18.7. The SMILES string of the molecule is CC(C)COC(=O)NCc1ccc(C2=CC(c3cc(Cl)cc(Cl)c3)(C(F)(F)F)ON2)cc1. The topological polar surface area (TPSA) is 59.6 Å². The predicted molar refractivity (Wildman–Crippen MR) is 116 cm³/mol. The van der Waals surface area contributed by atoms with Crippen LogP contribution in [-0.2, 0) is 21.7 Å². The first-order valence-corrected chi connectivity index (χ1v) is 10.5. The van der Waals surface area contributed by atoms with Crippen molar-refractivity contribution in [1.29, 1.82) is 0 Å². The molecule has 2 aromatic carbocycles. The number of halogens is 5. The van der Waals surface area contributed by atoms with Gasteiger partial charge in [0, 0.05) is 22.2 Å². The lowest BCUT2D eigenvalue weighted by atomic mass is 9.91. The van der Waals surface area contributed by atoms with E-state index in [4.69, 9.17) is 32.8 Å². The van der Waals surface area contributed by atoms with Gasteiger partial charge in [0.15, 0.2) is 0 Å². The fraction of sp³-hybridized carbons (Fsp3) is 0.318. The van der Waals surface area contributed by atoms with Crippen molar-refractivity contribution >= 4 is 35.0 Å². The summed E-state index contributed by atoms with van der Waals surface area (Å²) in [6, 6.07) is 10.3. The second-order valence-corrected chi connectivity index (χ2v) is 8.57. The van der Waals surface area contributed by atoms with Crippen molar-refractivity contribution in [2.45, 2.75) is 32.2 Å². The van der Waals surface area contributed by atoms with Crippen LogP contribution >= 0.6 is 23.2 Å². The minimum absolute atomic E-state index is 0.0605. The number of hydroxylamine groups is 1. The molecule has 0 fully saturated rings. The third kappa shape index (κ3) is 5.49. The van der Waals surface area contributed by atoms with E-state index in [1.165, 1.54) is 6.07 Å². The van der Waals surface area contributed by atoms with E-state index in [1.807, 2.05) is 13.8 Å². The molecular weight excluding hydrogens is 468 g/mol. The second-order valence-electron chi connectivity index (χ2n) is 7.70. The molecule has 10 heteroatoms. The van der Waals surface area contributed by atoms with Gasteiger partial charge in [-0.05, 0) is 41.3 Å². The van der Waals surface area contributed by atoms with Crippen LogP contribution in [0, 0.1) is 5.92 Å². The number of alkyl halides is 3. The van der Waals surface area contributed by atoms with Gasteiger partial charge in [-0.1, -0.05) is 61.3 Å². The number of carbonyl (C=O) groups is 1. The third-order valence-corrected chi connectivity index (χ3v) is 5.07. The van der Waals surface area contributed by atoms with Crippen LogP contribution in [0.15, 0.2) is 48.5 Å². The van der Waals surface area contributed by atoms with Crippen molar-refractivity contribution in [2.75, 3.05) is 6.61 Å². The number of amides is 1. The largest absolute Gasteiger partial charge is 0.449 e. The van der Waals surface area contributed by atoms with Crippen molar-refractivity contribution in [2.24, 2.45) is 5.92 Å². The average Bonchev–Trinajstić information content (AvgIpc) is 3.17. The molecule has 32 heavy (non-hydrogen) atoms. The highest BCUT2D eigenvalue weighted by Crippen LogP contribution is 2.48. The molecule has 1 unspecified atom stereocenters. The Labute approximate surface area is 193 Å². The van der Waals surface area contributed by atoms with Gasteiger partial charge in [0.1, 0.15) is 0 Å². The van der Waals surface area contributed by atoms with E-state index in [-0.39, 0.29) is 33.8 Å². The fourth-order valence-corrected chi connectivity index (χ4v) is 3.55. The Morgan fingerprint density at radius 3 is 2.34 bits per heavy atom. The zero-order valence-electron chi connectivity index (χ0n) is 17.2. The summed E-state index contributed by atoms with van der Waals surface area (Å²) in [5.74, 6) is 0.223. The van der Waals surface area contributed by atoms with Crippen LogP contribution in [0.1, 0.15) is 30.5 Å². The summed E-state index contributed by atoms with van der Waals surface area (Å²) in [5, 5.41) is 2.74. The van der Waals surface area contributed by atoms with Gasteiger partial charge in [-0.25, -0.2) is 4.79 Å². The molecule has 0 spiro atoms. The molecule has 0 saturated carbocycles. The van der Waals surface area contributed by atoms with Crippen LogP contribution in [-0.4, -0.2) is 18.9 Å². The van der Waals surface area contributed by atoms with Gasteiger partial charge < -0.3 is 10.1 Å². The summed E-state index contributed by atoms with van der Waals surface area (Å²) >= 11 is 11.8. The molecule has 1 atom stereocenters. The first-order chi connectivity index (χ1) is 15.0. The molecule has 0 aliphatic carbocycles. The highest BCUT2D eigenvalue weighted by atomic mass is 35.5. The highest BCUT2D eigenvalue weighted by molar-refractivity contribution is 6.34. The summed E-state index contributed by atoms with van der Waals surface area (Å²) in [5.41, 5.74) is 0.723. The van der Waals surface area contributed by atoms with Gasteiger partial charge in [0.2, 0.25) is 5.60 Å². The summed E-state index contributed by atoms with van der Waals surface area (Å²) < 4.78 is 47.2. The van der Waals surface area contributed by atoms with Crippen LogP contribution < -0.4 is 10.8 Å². The number of benzene rings is 2. The number of hydrogen-bond acceptors (Lipinski definition) is 4. The number of ether oxygens (including phenoxy) is 1. The van der Waals surface area contributed by atoms with Crippen molar-refractivity contribution < 1.29 is 27.5 Å². The zero-order chi connectivity index (χ0) is 23.5. The fourth-order valence-electron chi connectivity index (χ4n) is 3.02. The maximum Gasteiger partial charge on any atom is 0.428 e. The molecule has 3 rings (SSSR count). The highest BCUT2D eigenvalue weighted by Gasteiger charge is 2.59. The predicted octanol–water partition coefficient (Wildman–Crippen LogP) is 6.21. The average molecular weight is 489 g/mol. The van der Waals surface area contributed by atoms with Gasteiger partial charge in [0.05, 0.1) is 12.3 Å². The van der Waals surface area contributed by atoms with Gasteiger partial charge in [-0.15, -0.1) is 0 Å². The Bertz CT molecular complexity index is 990. The van der Waals surface area contributed by atoms with Crippen LogP contribution in [0.25, 0.3) is 5.70 Å². The Morgan fingerprint density at radius 2 is 1.78 bits per heavy atom. The lowest BCUT2D eigenvalue weighted by Gasteiger charge is -2.28. The van der Waals surface area contributed by atoms with Crippen molar-refractivity contribution in [3.63, 3.8) is 0 Å². The molecule has 1 aliphatic rings. The van der Waals surface area contributed by atoms with Crippen LogP contribution in [0.2, 0.25) is 10.0 Å². The third-order valence-electron chi connectivity index (χ3n) is 4.63. The van der Waals surface area contributed by atoms with Crippen LogP contribution in [0.3, 0.4) is 0 Å². The standard InChI is InChI=1S/C22H21Cl2F3N2O3/c1-13(2)12-31-20(30)28-11-14-3-5-15(6-4-14)19-10-21(32-29-19,22(25,26)27)16-7-17(23)9-18(24)8-16/h3-10,13,29H,11-12H2,1-2H3,(H,28,30). The molecule has 0 saturated heterocycles. The molecule has 172 valence electrons. The quantitative estimate of drug-likeness (QED) is 0.507. The van der Waals surface area contributed by atoms with E-state index in [2.05, 4.69) is 10.8 Å². The molecule has 1 aliphatic heterocycles. The lowest BCUT2D eigenvalue weighted by molar-refractivity contribution is -0.269. The molecule has 0 bridgehead atoms. The molecule has 0 radical (unpaired) electrons. The van der Waals surface area contributed by atoms with Gasteiger partial charge in [-0.2, -0.15) is 13.2 Å². The van der Waals surface area contributed by atoms with Crippen LogP contribution in [0.5, 0.6) is 0 Å². The van der Waals surface area contributed by atoms with E-state index in [0.717, 1.165) is 23.8 Å². The van der Waals surface area contributed by atoms with Gasteiger partial charge in [0.25, 0.3) is 0 Å². The smallest absolute Gasteiger partial charge is 0.428 e. The first kappa shape index (κ1) is 24.2. The van der Waals surface area contributed by atoms with Crippen molar-refractivity contribution in [3.05, 3.63) is 75.3 Å². The minimum atomic E-state index is -4.78. The Kier molecular flexibility index (Phi) is 7.27. The summed E-state index contributed by atoms with van der Waals surface area (Å²) in [6.07, 6.45) is -4.37. The van der Waals surface area contributed by atoms with E-state index >= 15 is 0 Å². The maximum absolute atomic E-state index is 14.1. The first-order valence-electron chi connectivity index (χ1n) is 9.70. The molecule has 1 heterocycles. The number of carbonyl (C=O) groups excluding carboxylic acids is 1. The molecular formula is C22H21Cl2F3N2O3. The summed E-state index contributed by atoms with van der Waals surface area (Å²) in [7, 11) is 0. The summed E-state index contributed by atoms with van der Waals surface area (Å²) in [6.45, 7) is 4.38. The van der Waals surface area contributed by atoms with Gasteiger partial charge in [-0.3, -0.25) is 10.3 Å². The molecule has 2 N–H and O–H groups in total. The van der Waals surface area contributed by atoms with Crippen molar-refractivity contribution in [3.8, 4) is 0 Å². The minimum Gasteiger partial charge on any atom is -0.449 e. The molecule has 5 nitrogen and oxygen atoms in total. The normalized spacial score (nSPS) is 18.3. The number of rotatable bonds is 6. The monoisotopic (exact) mass is 488 g/mol. The molecule has 0 aromatic heterocycles. The van der Waals surface area contributed by atoms with E-state index in [1.54, 1.807) is 24.3 Å². The Hall–Kier alpha value is -2.42. The molecule has 1 amide bonds. The van der Waals surface area contributed by atoms with Gasteiger partial charge >= 0.3 is 12.3 Å². The second kappa shape index (κ2) is 9.60. The number of alkyl carbamates (subject to hydrolysis) is 1. The van der Waals surface area contributed by atoms with Crippen molar-refractivity contribution in [1.82, 2.24) is 10.8 Å². The lowest BCUT2D eigenvalue weighted by Crippen LogP contribution is -2.42. The maximum atomic E-state index is 14.1. The van der Waals surface area contributed by atoms with Crippen LogP contribution in [0.4, 0.5) is 18.0 Å². The number of hydrogen-bond donors (Lipinski definition) is 2. The van der Waals surface area contributed by atoms with E-state index < -0.39 is 17.9 Å². The van der Waals surface area contributed by atoms with E-state index in [0.29, 0.717) is 12.2 Å². The Morgan fingerprint density at radius 1 is 1.16 bits per heavy atom. The summed E-state index contributed by atoms with van der Waals surface area (Å²) in [4.78, 5) is 16.7. The molecule has 2 aromatic rings. The van der Waals surface area contributed by atoms with E-state index in [9.17, 15) is 18.0 Å². The number of nitrogens with one attached hydrogen (secondary N) is 2. The Balaban J connectivity index is 1.79.